The van der Waals surface area contributed by atoms with Crippen molar-refractivity contribution in [1.82, 2.24) is 0 Å². The van der Waals surface area contributed by atoms with E-state index in [0.29, 0.717) is 6.42 Å². The number of hydrogen-bond donors (Lipinski definition) is 2. The second-order valence-corrected chi connectivity index (χ2v) is 31.2. The summed E-state index contributed by atoms with van der Waals surface area (Å²) < 4.78 is 33.3. The maximum Gasteiger partial charge on any atom is 0.472 e. The van der Waals surface area contributed by atoms with Crippen molar-refractivity contribution in [2.45, 2.75) is 444 Å². The molecule has 10 heteroatoms. The zero-order chi connectivity index (χ0) is 74.3. The van der Waals surface area contributed by atoms with Crippen LogP contribution in [0.2, 0.25) is 0 Å². The molecule has 0 aliphatic carbocycles. The number of rotatable bonds is 84. The van der Waals surface area contributed by atoms with Crippen molar-refractivity contribution in [3.05, 3.63) is 109 Å². The van der Waals surface area contributed by atoms with Crippen LogP contribution in [0.15, 0.2) is 109 Å². The van der Waals surface area contributed by atoms with Crippen LogP contribution in [0.3, 0.4) is 0 Å². The van der Waals surface area contributed by atoms with Crippen molar-refractivity contribution in [2.75, 3.05) is 26.4 Å². The van der Waals surface area contributed by atoms with E-state index in [1.807, 2.05) is 0 Å². The summed E-state index contributed by atoms with van der Waals surface area (Å²) in [6.45, 7) is 3.68. The van der Waals surface area contributed by atoms with E-state index >= 15 is 0 Å². The second kappa shape index (κ2) is 87.6. The highest BCUT2D eigenvalue weighted by Gasteiger charge is 2.26. The zero-order valence-corrected chi connectivity index (χ0v) is 68.7. The molecule has 0 bridgehead atoms. The van der Waals surface area contributed by atoms with Gasteiger partial charge < -0.3 is 20.1 Å². The molecule has 0 saturated carbocycles. The Labute approximate surface area is 639 Å². The molecule has 0 heterocycles. The SMILES string of the molecule is CC/C=C\C/C=C\C/C=C\C/C=C\C/C=C\C/C=C\CCCCCCCCCCCCCCCCCCCCCCCCC(=O)OC(COC(=O)CCCCCCCCCCCCCCCCCCCCCCCCCCCC/C=C\C/C=C\C/C=C\CCCCCCC)COP(=O)(O)OCCN. The van der Waals surface area contributed by atoms with Gasteiger partial charge in [-0.15, -0.1) is 0 Å². The van der Waals surface area contributed by atoms with Crippen molar-refractivity contribution in [3.8, 4) is 0 Å². The standard InChI is InChI=1S/C93H168NO8P/c1-3-5-7-9-11-13-15-17-19-21-23-25-27-29-31-33-35-37-39-41-43-45-47-49-51-53-55-57-59-61-63-65-67-69-71-73-75-77-79-81-83-85-92(95)99-89-91(90-101-103(97,98)100-88-87-94)102-93(96)86-84-82-80-78-76-74-72-70-68-66-64-62-60-58-56-54-52-50-48-46-44-42-40-38-36-34-32-30-28-26-24-22-20-18-16-14-12-10-8-6-4-2/h6,8,12,14-15,17-18,20-21,23-24,26-27,29-30,32,36,38,91H,3-5,7,9-11,13,16,19,22,25,28,31,33-35,37,39-90,94H2,1-2H3,(H,97,98)/b8-6-,14-12-,17-15-,20-18-,23-21-,26-24-,29-27-,32-30-,38-36-. The van der Waals surface area contributed by atoms with Crippen molar-refractivity contribution in [2.24, 2.45) is 5.73 Å². The van der Waals surface area contributed by atoms with E-state index in [4.69, 9.17) is 24.3 Å². The Kier molecular flexibility index (Phi) is 84.7. The number of esters is 2. The van der Waals surface area contributed by atoms with Gasteiger partial charge in [-0.25, -0.2) is 4.57 Å². The molecule has 103 heavy (non-hydrogen) atoms. The molecule has 0 rings (SSSR count). The average molecular weight is 1460 g/mol. The molecule has 0 radical (unpaired) electrons. The number of nitrogens with two attached hydrogens (primary N) is 1. The highest BCUT2D eigenvalue weighted by Crippen LogP contribution is 2.43. The third kappa shape index (κ3) is 87.5. The third-order valence-electron chi connectivity index (χ3n) is 19.6. The number of unbranched alkanes of at least 4 members (excludes halogenated alkanes) is 53. The summed E-state index contributed by atoms with van der Waals surface area (Å²) in [5.74, 6) is -0.805. The predicted octanol–water partition coefficient (Wildman–Crippen LogP) is 30.3. The third-order valence-corrected chi connectivity index (χ3v) is 20.6. The van der Waals surface area contributed by atoms with Gasteiger partial charge in [0.25, 0.3) is 0 Å². The summed E-state index contributed by atoms with van der Waals surface area (Å²) in [5, 5.41) is 0. The highest BCUT2D eigenvalue weighted by molar-refractivity contribution is 7.47. The first-order valence-electron chi connectivity index (χ1n) is 44.4. The number of phosphoric acid groups is 1. The van der Waals surface area contributed by atoms with Gasteiger partial charge in [-0.1, -0.05) is 431 Å². The van der Waals surface area contributed by atoms with Gasteiger partial charge in [-0.05, 0) is 103 Å². The van der Waals surface area contributed by atoms with Crippen LogP contribution in [0.1, 0.15) is 438 Å². The monoisotopic (exact) mass is 1460 g/mol. The van der Waals surface area contributed by atoms with E-state index in [1.54, 1.807) is 0 Å². The number of hydrogen-bond acceptors (Lipinski definition) is 8. The smallest absolute Gasteiger partial charge is 0.462 e. The van der Waals surface area contributed by atoms with Crippen LogP contribution in [-0.2, 0) is 32.7 Å². The average Bonchev–Trinajstić information content (AvgIpc) is 0.970. The maximum atomic E-state index is 12.8. The predicted molar refractivity (Wildman–Crippen MR) is 450 cm³/mol. The quantitative estimate of drug-likeness (QED) is 0.0264. The van der Waals surface area contributed by atoms with E-state index in [1.165, 1.54) is 321 Å². The number of ether oxygens (including phenoxy) is 2. The lowest BCUT2D eigenvalue weighted by Gasteiger charge is -2.19. The first-order chi connectivity index (χ1) is 50.8. The van der Waals surface area contributed by atoms with Crippen molar-refractivity contribution in [1.29, 1.82) is 0 Å². The minimum atomic E-state index is -4.40. The molecule has 0 spiro atoms. The van der Waals surface area contributed by atoms with Crippen LogP contribution in [0.4, 0.5) is 0 Å². The lowest BCUT2D eigenvalue weighted by Crippen LogP contribution is -2.29. The Balaban J connectivity index is 3.73. The molecule has 598 valence electrons. The molecular weight excluding hydrogens is 1290 g/mol. The number of carbonyl (C=O) groups is 2. The van der Waals surface area contributed by atoms with Crippen LogP contribution >= 0.6 is 7.82 Å². The van der Waals surface area contributed by atoms with E-state index < -0.39 is 26.5 Å². The molecule has 0 aliphatic rings. The van der Waals surface area contributed by atoms with E-state index in [0.717, 1.165) is 83.5 Å². The molecule has 0 aliphatic heterocycles. The van der Waals surface area contributed by atoms with Crippen LogP contribution in [0.5, 0.6) is 0 Å². The Hall–Kier alpha value is -3.33. The summed E-state index contributed by atoms with van der Waals surface area (Å²) in [6, 6.07) is 0. The normalized spacial score (nSPS) is 13.3. The van der Waals surface area contributed by atoms with Gasteiger partial charge in [-0.2, -0.15) is 0 Å². The number of phosphoric ester groups is 1. The first kappa shape index (κ1) is 99.7. The van der Waals surface area contributed by atoms with Crippen LogP contribution < -0.4 is 5.73 Å². The van der Waals surface area contributed by atoms with Gasteiger partial charge in [0.2, 0.25) is 0 Å². The van der Waals surface area contributed by atoms with Crippen LogP contribution in [0.25, 0.3) is 0 Å². The Morgan fingerprint density at radius 2 is 0.534 bits per heavy atom. The molecule has 2 atom stereocenters. The highest BCUT2D eigenvalue weighted by atomic mass is 31.2. The second-order valence-electron chi connectivity index (χ2n) is 29.7. The zero-order valence-electron chi connectivity index (χ0n) is 67.8. The largest absolute Gasteiger partial charge is 0.472 e. The molecule has 3 N–H and O–H groups in total. The van der Waals surface area contributed by atoms with Crippen LogP contribution in [-0.4, -0.2) is 49.3 Å². The molecule has 0 aromatic rings. The van der Waals surface area contributed by atoms with Crippen molar-refractivity contribution >= 4 is 19.8 Å². The van der Waals surface area contributed by atoms with E-state index in [2.05, 4.69) is 123 Å². The Morgan fingerprint density at radius 1 is 0.301 bits per heavy atom. The minimum Gasteiger partial charge on any atom is -0.462 e. The first-order valence-corrected chi connectivity index (χ1v) is 45.9. The topological polar surface area (TPSA) is 134 Å². The Morgan fingerprint density at radius 3 is 0.796 bits per heavy atom. The molecule has 0 aromatic carbocycles. The number of allylic oxidation sites excluding steroid dienone is 18. The lowest BCUT2D eigenvalue weighted by atomic mass is 10.0. The van der Waals surface area contributed by atoms with Gasteiger partial charge in [0, 0.05) is 19.4 Å². The molecular formula is C93H168NO8P. The Bertz CT molecular complexity index is 2070. The van der Waals surface area contributed by atoms with Crippen molar-refractivity contribution < 1.29 is 37.6 Å². The van der Waals surface area contributed by atoms with Gasteiger partial charge in [-0.3, -0.25) is 18.6 Å². The minimum absolute atomic E-state index is 0.0539. The fraction of sp³-hybridized carbons (Fsp3) is 0.785. The van der Waals surface area contributed by atoms with Gasteiger partial charge >= 0.3 is 19.8 Å². The summed E-state index contributed by atoms with van der Waals surface area (Å²) in [5.41, 5.74) is 5.43. The van der Waals surface area contributed by atoms with Crippen LogP contribution in [0, 0.1) is 0 Å². The van der Waals surface area contributed by atoms with Gasteiger partial charge in [0.1, 0.15) is 6.61 Å². The molecule has 0 fully saturated rings. The summed E-state index contributed by atoms with van der Waals surface area (Å²) >= 11 is 0. The molecule has 0 aromatic heterocycles. The number of carbonyl (C=O) groups excluding carboxylic acids is 2. The summed E-state index contributed by atoms with van der Waals surface area (Å²) in [6.07, 6.45) is 123. The molecule has 0 saturated heterocycles. The lowest BCUT2D eigenvalue weighted by molar-refractivity contribution is -0.161. The van der Waals surface area contributed by atoms with E-state index in [9.17, 15) is 19.0 Å². The van der Waals surface area contributed by atoms with Crippen molar-refractivity contribution in [3.63, 3.8) is 0 Å². The van der Waals surface area contributed by atoms with Gasteiger partial charge in [0.15, 0.2) is 6.10 Å². The molecule has 2 unspecified atom stereocenters. The summed E-state index contributed by atoms with van der Waals surface area (Å²) in [7, 11) is -4.40. The summed E-state index contributed by atoms with van der Waals surface area (Å²) in [4.78, 5) is 35.5. The molecule has 9 nitrogen and oxygen atoms in total. The maximum absolute atomic E-state index is 12.8. The fourth-order valence-corrected chi connectivity index (χ4v) is 13.9. The van der Waals surface area contributed by atoms with Gasteiger partial charge in [0.05, 0.1) is 13.2 Å². The molecule has 0 amide bonds. The fourth-order valence-electron chi connectivity index (χ4n) is 13.1. The van der Waals surface area contributed by atoms with E-state index in [-0.39, 0.29) is 38.6 Å².